The van der Waals surface area contributed by atoms with Crippen molar-refractivity contribution < 1.29 is 4.84 Å². The van der Waals surface area contributed by atoms with Crippen LogP contribution < -0.4 is 0 Å². The Balaban J connectivity index is 2.92. The van der Waals surface area contributed by atoms with Gasteiger partial charge in [-0.1, -0.05) is 51.9 Å². The van der Waals surface area contributed by atoms with E-state index in [1.54, 1.807) is 7.11 Å². The Morgan fingerprint density at radius 3 is 1.86 bits per heavy atom. The van der Waals surface area contributed by atoms with Crippen LogP contribution in [0.1, 0.15) is 58.3 Å². The van der Waals surface area contributed by atoms with Crippen LogP contribution in [-0.2, 0) is 4.84 Å². The van der Waals surface area contributed by atoms with E-state index in [1.807, 2.05) is 12.1 Å². The maximum atomic E-state index is 5.04. The van der Waals surface area contributed by atoms with E-state index in [0.717, 1.165) is 6.54 Å². The van der Waals surface area contributed by atoms with Crippen LogP contribution in [0.3, 0.4) is 0 Å². The first-order valence-corrected chi connectivity index (χ1v) is 6.06. The van der Waals surface area contributed by atoms with Gasteiger partial charge < -0.3 is 4.84 Å². The fourth-order valence-electron chi connectivity index (χ4n) is 1.56. The molecule has 2 nitrogen and oxygen atoms in total. The Labute approximate surface area is 89.6 Å². The summed E-state index contributed by atoms with van der Waals surface area (Å²) in [5, 5.41) is 1.90. The molecule has 0 rings (SSSR count). The minimum absolute atomic E-state index is 1.06. The quantitative estimate of drug-likeness (QED) is 0.395. The van der Waals surface area contributed by atoms with Crippen molar-refractivity contribution in [2.75, 3.05) is 20.7 Å². The zero-order valence-electron chi connectivity index (χ0n) is 10.2. The van der Waals surface area contributed by atoms with E-state index >= 15 is 0 Å². The molecule has 14 heavy (non-hydrogen) atoms. The molecule has 0 aromatic carbocycles. The van der Waals surface area contributed by atoms with Gasteiger partial charge in [0.1, 0.15) is 0 Å². The highest BCUT2D eigenvalue weighted by Crippen LogP contribution is 2.08. The lowest BCUT2D eigenvalue weighted by atomic mass is 10.1. The molecular formula is C12H27NO. The van der Waals surface area contributed by atoms with E-state index in [9.17, 15) is 0 Å². The average Bonchev–Trinajstić information content (AvgIpc) is 2.21. The highest BCUT2D eigenvalue weighted by atomic mass is 16.7. The molecule has 0 amide bonds. The summed E-state index contributed by atoms with van der Waals surface area (Å²) in [7, 11) is 3.71. The number of rotatable bonds is 10. The number of hydrogen-bond acceptors (Lipinski definition) is 2. The first-order chi connectivity index (χ1) is 6.81. The molecule has 0 bridgehead atoms. The number of nitrogens with zero attached hydrogens (tertiary/aromatic N) is 1. The van der Waals surface area contributed by atoms with E-state index in [0.29, 0.717) is 0 Å². The third-order valence-electron chi connectivity index (χ3n) is 2.64. The molecular weight excluding hydrogens is 174 g/mol. The van der Waals surface area contributed by atoms with Gasteiger partial charge in [-0.3, -0.25) is 0 Å². The van der Waals surface area contributed by atoms with Crippen molar-refractivity contribution in [3.63, 3.8) is 0 Å². The van der Waals surface area contributed by atoms with Crippen LogP contribution in [0, 0.1) is 0 Å². The summed E-state index contributed by atoms with van der Waals surface area (Å²) in [4.78, 5) is 5.04. The SMILES string of the molecule is CCCCCCCCCCN(C)OC. The number of hydrogen-bond donors (Lipinski definition) is 0. The van der Waals surface area contributed by atoms with E-state index in [2.05, 4.69) is 6.92 Å². The monoisotopic (exact) mass is 201 g/mol. The predicted molar refractivity (Wildman–Crippen MR) is 62.2 cm³/mol. The van der Waals surface area contributed by atoms with Crippen LogP contribution in [0.15, 0.2) is 0 Å². The van der Waals surface area contributed by atoms with Crippen molar-refractivity contribution in [1.29, 1.82) is 0 Å². The minimum atomic E-state index is 1.06. The van der Waals surface area contributed by atoms with Gasteiger partial charge in [-0.2, -0.15) is 5.06 Å². The van der Waals surface area contributed by atoms with Crippen LogP contribution in [0.5, 0.6) is 0 Å². The summed E-state index contributed by atoms with van der Waals surface area (Å²) in [6.45, 7) is 3.33. The van der Waals surface area contributed by atoms with Gasteiger partial charge in [0.25, 0.3) is 0 Å². The maximum Gasteiger partial charge on any atom is 0.0575 e. The van der Waals surface area contributed by atoms with Gasteiger partial charge in [-0.15, -0.1) is 0 Å². The molecule has 0 saturated carbocycles. The van der Waals surface area contributed by atoms with Crippen molar-refractivity contribution in [2.24, 2.45) is 0 Å². The molecule has 2 heteroatoms. The smallest absolute Gasteiger partial charge is 0.0575 e. The van der Waals surface area contributed by atoms with Crippen LogP contribution in [0.25, 0.3) is 0 Å². The Morgan fingerprint density at radius 1 is 0.857 bits per heavy atom. The summed E-state index contributed by atoms with van der Waals surface area (Å²) in [6, 6.07) is 0. The zero-order chi connectivity index (χ0) is 10.6. The Kier molecular flexibility index (Phi) is 10.9. The standard InChI is InChI=1S/C12H27NO/c1-4-5-6-7-8-9-10-11-12-13(2)14-3/h4-12H2,1-3H3. The molecule has 0 aromatic heterocycles. The molecule has 0 saturated heterocycles. The van der Waals surface area contributed by atoms with Crippen LogP contribution in [-0.4, -0.2) is 25.8 Å². The summed E-state index contributed by atoms with van der Waals surface area (Å²) >= 11 is 0. The van der Waals surface area contributed by atoms with Crippen molar-refractivity contribution in [1.82, 2.24) is 5.06 Å². The van der Waals surface area contributed by atoms with Crippen LogP contribution in [0.2, 0.25) is 0 Å². The summed E-state index contributed by atoms with van der Waals surface area (Å²) in [6.07, 6.45) is 11.0. The van der Waals surface area contributed by atoms with Crippen molar-refractivity contribution in [2.45, 2.75) is 58.3 Å². The summed E-state index contributed by atoms with van der Waals surface area (Å²) < 4.78 is 0. The minimum Gasteiger partial charge on any atom is -0.303 e. The fraction of sp³-hybridized carbons (Fsp3) is 1.00. The topological polar surface area (TPSA) is 12.5 Å². The Bertz CT molecular complexity index is 106. The lowest BCUT2D eigenvalue weighted by molar-refractivity contribution is -0.109. The Morgan fingerprint density at radius 2 is 1.36 bits per heavy atom. The normalized spacial score (nSPS) is 11.1. The van der Waals surface area contributed by atoms with Crippen molar-refractivity contribution in [3.05, 3.63) is 0 Å². The number of unbranched alkanes of at least 4 members (excludes halogenated alkanes) is 7. The Hall–Kier alpha value is -0.0800. The third kappa shape index (κ3) is 10.0. The second-order valence-corrected chi connectivity index (χ2v) is 4.01. The number of hydroxylamine groups is 2. The average molecular weight is 201 g/mol. The maximum absolute atomic E-state index is 5.04. The molecule has 86 valence electrons. The molecule has 0 atom stereocenters. The molecule has 0 aromatic rings. The van der Waals surface area contributed by atoms with Crippen LogP contribution in [0.4, 0.5) is 0 Å². The highest BCUT2D eigenvalue weighted by Gasteiger charge is 1.95. The molecule has 0 aliphatic heterocycles. The molecule has 0 unspecified atom stereocenters. The highest BCUT2D eigenvalue weighted by molar-refractivity contribution is 4.47. The van der Waals surface area contributed by atoms with Gasteiger partial charge in [0, 0.05) is 13.6 Å². The second kappa shape index (κ2) is 11.0. The first kappa shape index (κ1) is 13.9. The summed E-state index contributed by atoms with van der Waals surface area (Å²) in [5.74, 6) is 0. The summed E-state index contributed by atoms with van der Waals surface area (Å²) in [5.41, 5.74) is 0. The fourth-order valence-corrected chi connectivity index (χ4v) is 1.56. The van der Waals surface area contributed by atoms with E-state index in [1.165, 1.54) is 51.4 Å². The van der Waals surface area contributed by atoms with Gasteiger partial charge in [0.15, 0.2) is 0 Å². The van der Waals surface area contributed by atoms with E-state index in [4.69, 9.17) is 4.84 Å². The van der Waals surface area contributed by atoms with E-state index in [-0.39, 0.29) is 0 Å². The molecule has 0 radical (unpaired) electrons. The molecule has 0 aliphatic carbocycles. The van der Waals surface area contributed by atoms with Crippen molar-refractivity contribution >= 4 is 0 Å². The molecule has 0 N–H and O–H groups in total. The zero-order valence-corrected chi connectivity index (χ0v) is 10.2. The van der Waals surface area contributed by atoms with Gasteiger partial charge in [-0.05, 0) is 6.42 Å². The third-order valence-corrected chi connectivity index (χ3v) is 2.64. The molecule has 0 heterocycles. The van der Waals surface area contributed by atoms with E-state index < -0.39 is 0 Å². The lowest BCUT2D eigenvalue weighted by Gasteiger charge is -2.12. The van der Waals surface area contributed by atoms with Gasteiger partial charge >= 0.3 is 0 Å². The van der Waals surface area contributed by atoms with Gasteiger partial charge in [0.05, 0.1) is 7.11 Å². The molecule has 0 fully saturated rings. The molecule has 0 aliphatic rings. The van der Waals surface area contributed by atoms with Gasteiger partial charge in [0.2, 0.25) is 0 Å². The van der Waals surface area contributed by atoms with Gasteiger partial charge in [-0.25, -0.2) is 0 Å². The molecule has 0 spiro atoms. The predicted octanol–water partition coefficient (Wildman–Crippen LogP) is 3.62. The van der Waals surface area contributed by atoms with Crippen LogP contribution >= 0.6 is 0 Å². The largest absolute Gasteiger partial charge is 0.303 e. The first-order valence-electron chi connectivity index (χ1n) is 6.06. The second-order valence-electron chi connectivity index (χ2n) is 4.01. The van der Waals surface area contributed by atoms with Crippen molar-refractivity contribution in [3.8, 4) is 0 Å². The lowest BCUT2D eigenvalue weighted by Crippen LogP contribution is -2.17.